The number of benzene rings is 4. The van der Waals surface area contributed by atoms with E-state index in [1.54, 1.807) is 25.1 Å². The molecule has 15 heteroatoms. The molecule has 4 aromatic carbocycles. The number of non-ortho nitro benzene ring substituents is 1. The molecule has 0 aliphatic carbocycles. The highest BCUT2D eigenvalue weighted by molar-refractivity contribution is 6.25. The number of phenols is 1. The predicted molar refractivity (Wildman–Crippen MR) is 193 cm³/mol. The molecule has 2 amide bonds. The minimum absolute atomic E-state index is 0.00898. The van der Waals surface area contributed by atoms with Crippen LogP contribution < -0.4 is 18.9 Å². The second kappa shape index (κ2) is 12.1. The lowest BCUT2D eigenvalue weighted by atomic mass is 9.71. The van der Waals surface area contributed by atoms with E-state index in [0.29, 0.717) is 56.7 Å². The third kappa shape index (κ3) is 4.71. The standard InChI is InChI=1S/C40H35N5O10/c1-17-9-21-11-26-28(14-41)44-27(33(42(26)4)31(21)34(47)35(17)52-5)13-24-32(38-37(53-16-54-38)18(2)36(24)55-19(3)46)29(44)15-43-39(48)23-8-6-7-20-10-22(45(50)51)12-25(30(20)23)40(43)49/h6-10,12,26-29,33,47H,11,13,15-16H2,1-5H3/t26?,27?,28?,29-,33?/m0/s1. The van der Waals surface area contributed by atoms with E-state index in [4.69, 9.17) is 18.9 Å². The number of imide groups is 1. The Balaban J connectivity index is 1.29. The zero-order valence-electron chi connectivity index (χ0n) is 30.5. The number of fused-ring (bicyclic) bond motifs is 9. The summed E-state index contributed by atoms with van der Waals surface area (Å²) in [6, 6.07) is 8.66. The number of nitrogens with zero attached hydrogens (tertiary/aromatic N) is 5. The Bertz CT molecular complexity index is 2490. The Morgan fingerprint density at radius 1 is 1.05 bits per heavy atom. The van der Waals surface area contributed by atoms with Crippen molar-refractivity contribution in [3.8, 4) is 34.8 Å². The number of aryl methyl sites for hydroxylation is 1. The van der Waals surface area contributed by atoms with Crippen molar-refractivity contribution in [2.24, 2.45) is 0 Å². The van der Waals surface area contributed by atoms with Gasteiger partial charge >= 0.3 is 5.97 Å². The summed E-state index contributed by atoms with van der Waals surface area (Å²) in [6.07, 6.45) is 0.629. The maximum atomic E-state index is 14.6. The monoisotopic (exact) mass is 745 g/mol. The van der Waals surface area contributed by atoms with Crippen molar-refractivity contribution in [3.05, 3.63) is 91.0 Å². The number of carbonyl (C=O) groups excluding carboxylic acids is 3. The topological polar surface area (TPSA) is 185 Å². The smallest absolute Gasteiger partial charge is 0.308 e. The van der Waals surface area contributed by atoms with Gasteiger partial charge in [0.05, 0.1) is 35.7 Å². The summed E-state index contributed by atoms with van der Waals surface area (Å²) >= 11 is 0. The van der Waals surface area contributed by atoms with Crippen molar-refractivity contribution in [2.45, 2.75) is 63.8 Å². The van der Waals surface area contributed by atoms with Gasteiger partial charge in [0.1, 0.15) is 11.8 Å². The molecule has 55 heavy (non-hydrogen) atoms. The first-order valence-corrected chi connectivity index (χ1v) is 17.8. The number of aromatic hydroxyl groups is 1. The molecule has 5 heterocycles. The Morgan fingerprint density at radius 2 is 1.80 bits per heavy atom. The molecule has 5 atom stereocenters. The molecule has 9 rings (SSSR count). The molecule has 0 radical (unpaired) electrons. The number of likely N-dealkylation sites (N-methyl/N-ethyl adjacent to an activating group) is 1. The molecule has 0 aromatic heterocycles. The number of nitriles is 1. The van der Waals surface area contributed by atoms with Gasteiger partial charge in [-0.3, -0.25) is 39.2 Å². The average molecular weight is 746 g/mol. The van der Waals surface area contributed by atoms with Gasteiger partial charge in [0.25, 0.3) is 17.5 Å². The van der Waals surface area contributed by atoms with Crippen LogP contribution in [0.5, 0.6) is 28.7 Å². The molecule has 4 unspecified atom stereocenters. The molecule has 1 fully saturated rings. The molecular formula is C40H35N5O10. The largest absolute Gasteiger partial charge is 0.504 e. The van der Waals surface area contributed by atoms with Crippen molar-refractivity contribution in [3.63, 3.8) is 0 Å². The third-order valence-corrected chi connectivity index (χ3v) is 12.0. The number of phenolic OH excluding ortho intramolecular Hbond substituents is 1. The number of ether oxygens (including phenoxy) is 4. The summed E-state index contributed by atoms with van der Waals surface area (Å²) < 4.78 is 23.7. The van der Waals surface area contributed by atoms with E-state index < -0.39 is 46.9 Å². The first-order chi connectivity index (χ1) is 26.4. The number of nitro groups is 1. The molecule has 4 aromatic rings. The fourth-order valence-electron chi connectivity index (χ4n) is 9.88. The first kappa shape index (κ1) is 34.5. The zero-order chi connectivity index (χ0) is 38.8. The van der Waals surface area contributed by atoms with Crippen LogP contribution in [-0.4, -0.2) is 88.1 Å². The van der Waals surface area contributed by atoms with Crippen molar-refractivity contribution in [1.82, 2.24) is 14.7 Å². The summed E-state index contributed by atoms with van der Waals surface area (Å²) in [5.41, 5.74) is 3.78. The van der Waals surface area contributed by atoms with Crippen molar-refractivity contribution in [2.75, 3.05) is 27.5 Å². The van der Waals surface area contributed by atoms with Gasteiger partial charge in [-0.2, -0.15) is 5.26 Å². The second-order valence-corrected chi connectivity index (χ2v) is 14.7. The van der Waals surface area contributed by atoms with Gasteiger partial charge < -0.3 is 24.1 Å². The Kier molecular flexibility index (Phi) is 7.62. The van der Waals surface area contributed by atoms with E-state index in [9.17, 15) is 34.9 Å². The Morgan fingerprint density at radius 3 is 2.51 bits per heavy atom. The number of carbonyl (C=O) groups is 3. The van der Waals surface area contributed by atoms with E-state index in [0.717, 1.165) is 16.0 Å². The SMILES string of the molecule is COc1c(C)cc2c(c1O)C1C3Cc4c(OC(C)=O)c(C)c5c(c4[C@H](CN4C(=O)c6cccc7cc([N+](=O)[O-])cc(c67)C4=O)N3C(C#N)C(C2)N1C)OCO5. The minimum Gasteiger partial charge on any atom is -0.504 e. The summed E-state index contributed by atoms with van der Waals surface area (Å²) in [4.78, 5) is 58.3. The van der Waals surface area contributed by atoms with E-state index in [1.807, 2.05) is 24.9 Å². The number of hydrogen-bond acceptors (Lipinski definition) is 13. The van der Waals surface area contributed by atoms with E-state index in [2.05, 4.69) is 11.0 Å². The highest BCUT2D eigenvalue weighted by Crippen LogP contribution is 2.58. The maximum absolute atomic E-state index is 14.6. The highest BCUT2D eigenvalue weighted by Gasteiger charge is 2.57. The fourth-order valence-corrected chi connectivity index (χ4v) is 9.88. The molecule has 1 N–H and O–H groups in total. The van der Waals surface area contributed by atoms with Crippen LogP contribution >= 0.6 is 0 Å². The normalized spacial score (nSPS) is 23.5. The lowest BCUT2D eigenvalue weighted by molar-refractivity contribution is -0.384. The molecule has 0 saturated carbocycles. The molecule has 0 spiro atoms. The summed E-state index contributed by atoms with van der Waals surface area (Å²) in [5.74, 6) is -0.652. The van der Waals surface area contributed by atoms with Crippen molar-refractivity contribution >= 4 is 34.2 Å². The molecule has 5 aliphatic heterocycles. The van der Waals surface area contributed by atoms with Gasteiger partial charge in [0.2, 0.25) is 6.79 Å². The number of esters is 1. The minimum atomic E-state index is -0.925. The average Bonchev–Trinajstić information content (AvgIpc) is 3.64. The van der Waals surface area contributed by atoms with Crippen LogP contribution in [0.25, 0.3) is 10.8 Å². The van der Waals surface area contributed by atoms with Crippen molar-refractivity contribution < 1.29 is 43.4 Å². The summed E-state index contributed by atoms with van der Waals surface area (Å²) in [5, 5.41) is 35.6. The lowest BCUT2D eigenvalue weighted by Gasteiger charge is -2.60. The number of piperazine rings is 1. The van der Waals surface area contributed by atoms with E-state index in [-0.39, 0.29) is 54.1 Å². The number of amides is 2. The Labute approximate surface area is 314 Å². The van der Waals surface area contributed by atoms with Crippen molar-refractivity contribution in [1.29, 1.82) is 5.26 Å². The summed E-state index contributed by atoms with van der Waals surface area (Å²) in [7, 11) is 3.41. The van der Waals surface area contributed by atoms with Gasteiger partial charge in [0, 0.05) is 70.9 Å². The van der Waals surface area contributed by atoms with Crippen LogP contribution in [0.4, 0.5) is 5.69 Å². The predicted octanol–water partition coefficient (Wildman–Crippen LogP) is 4.80. The fraction of sp³-hybridized carbons (Fsp3) is 0.350. The maximum Gasteiger partial charge on any atom is 0.308 e. The number of nitro benzene ring substituents is 1. The first-order valence-electron chi connectivity index (χ1n) is 17.8. The third-order valence-electron chi connectivity index (χ3n) is 12.0. The van der Waals surface area contributed by atoms with Crippen LogP contribution in [0.1, 0.15) is 73.1 Å². The number of rotatable bonds is 5. The van der Waals surface area contributed by atoms with Gasteiger partial charge in [-0.15, -0.1) is 0 Å². The van der Waals surface area contributed by atoms with Gasteiger partial charge in [-0.25, -0.2) is 0 Å². The lowest BCUT2D eigenvalue weighted by Crippen LogP contribution is -2.69. The van der Waals surface area contributed by atoms with E-state index in [1.165, 1.54) is 26.2 Å². The number of methoxy groups -OCH3 is 1. The molecule has 1 saturated heterocycles. The van der Waals surface area contributed by atoms with Gasteiger partial charge in [0.15, 0.2) is 23.0 Å². The van der Waals surface area contributed by atoms with Gasteiger partial charge in [-0.1, -0.05) is 18.2 Å². The quantitative estimate of drug-likeness (QED) is 0.0967. The van der Waals surface area contributed by atoms with E-state index >= 15 is 0 Å². The van der Waals surface area contributed by atoms with Crippen LogP contribution in [0.3, 0.4) is 0 Å². The van der Waals surface area contributed by atoms with Crippen LogP contribution in [0.2, 0.25) is 0 Å². The van der Waals surface area contributed by atoms with Crippen LogP contribution in [0, 0.1) is 35.3 Å². The Hall–Kier alpha value is -6.24. The molecule has 2 bridgehead atoms. The molecule has 280 valence electrons. The second-order valence-electron chi connectivity index (χ2n) is 14.7. The summed E-state index contributed by atoms with van der Waals surface area (Å²) in [6.45, 7) is 4.46. The molecule has 15 nitrogen and oxygen atoms in total. The highest BCUT2D eigenvalue weighted by atomic mass is 16.7. The zero-order valence-corrected chi connectivity index (χ0v) is 30.5. The van der Waals surface area contributed by atoms with Crippen LogP contribution in [0.15, 0.2) is 36.4 Å². The van der Waals surface area contributed by atoms with Crippen LogP contribution in [-0.2, 0) is 17.6 Å². The van der Waals surface area contributed by atoms with Gasteiger partial charge in [-0.05, 0) is 56.3 Å². The number of hydrogen-bond donors (Lipinski definition) is 1. The molecule has 5 aliphatic rings. The molecular weight excluding hydrogens is 710 g/mol.